The van der Waals surface area contributed by atoms with E-state index in [0.29, 0.717) is 6.08 Å². The van der Waals surface area contributed by atoms with Crippen LogP contribution in [0.25, 0.3) is 0 Å². The summed E-state index contributed by atoms with van der Waals surface area (Å²) in [6.07, 6.45) is -0.809. The number of hydrogen-bond donors (Lipinski definition) is 3. The quantitative estimate of drug-likeness (QED) is 0.482. The van der Waals surface area contributed by atoms with Crippen molar-refractivity contribution in [3.8, 4) is 0 Å². The van der Waals surface area contributed by atoms with Gasteiger partial charge in [0.1, 0.15) is 0 Å². The number of hydrogen-bond acceptors (Lipinski definition) is 3. The minimum Gasteiger partial charge on any atom is -0.478 e. The van der Waals surface area contributed by atoms with E-state index < -0.39 is 23.6 Å². The van der Waals surface area contributed by atoms with Gasteiger partial charge in [0.25, 0.3) is 0 Å². The van der Waals surface area contributed by atoms with E-state index in [1.807, 2.05) is 0 Å². The van der Waals surface area contributed by atoms with Crippen molar-refractivity contribution in [2.45, 2.75) is 13.0 Å². The number of carboxylic acid groups (broad SMARTS) is 2. The number of aliphatic hydroxyl groups is 1. The number of rotatable bonds is 3. The second-order valence-corrected chi connectivity index (χ2v) is 1.92. The Bertz CT molecular complexity index is 203. The number of carbonyl (C=O) groups is 2. The third-order valence-electron chi connectivity index (χ3n) is 0.976. The molecule has 5 nitrogen and oxygen atoms in total. The van der Waals surface area contributed by atoms with Gasteiger partial charge in [0.15, 0.2) is 0 Å². The molecule has 0 heterocycles. The van der Waals surface area contributed by atoms with E-state index in [1.54, 1.807) is 0 Å². The van der Waals surface area contributed by atoms with Crippen LogP contribution in [-0.2, 0) is 9.59 Å². The molecule has 0 aliphatic heterocycles. The molecule has 0 rings (SSSR count). The van der Waals surface area contributed by atoms with Crippen LogP contribution < -0.4 is 0 Å². The zero-order valence-electron chi connectivity index (χ0n) is 5.81. The Kier molecular flexibility index (Phi) is 3.26. The van der Waals surface area contributed by atoms with Crippen LogP contribution >= 0.6 is 0 Å². The summed E-state index contributed by atoms with van der Waals surface area (Å²) in [5, 5.41) is 25.2. The van der Waals surface area contributed by atoms with Gasteiger partial charge >= 0.3 is 11.9 Å². The van der Waals surface area contributed by atoms with Gasteiger partial charge in [-0.1, -0.05) is 0 Å². The molecule has 1 atom stereocenters. The molecular formula is C6H8O5. The summed E-state index contributed by atoms with van der Waals surface area (Å²) in [6.45, 7) is 1.18. The number of aliphatic hydroxyl groups excluding tert-OH is 1. The molecule has 0 aromatic rings. The first-order valence-electron chi connectivity index (χ1n) is 2.81. The van der Waals surface area contributed by atoms with Gasteiger partial charge in [0, 0.05) is 6.08 Å². The first-order chi connectivity index (χ1) is 4.95. The standard InChI is InChI=1S/C6H8O5/c1-3(7)4(6(10)11)2-5(8)9/h2-3,7H,1H3,(H,8,9)(H,10,11). The fourth-order valence-electron chi connectivity index (χ4n) is 0.494. The molecule has 0 aliphatic carbocycles. The zero-order valence-corrected chi connectivity index (χ0v) is 5.81. The van der Waals surface area contributed by atoms with E-state index in [2.05, 4.69) is 0 Å². The highest BCUT2D eigenvalue weighted by Gasteiger charge is 2.14. The van der Waals surface area contributed by atoms with Crippen molar-refractivity contribution >= 4 is 11.9 Å². The fraction of sp³-hybridized carbons (Fsp3) is 0.333. The molecule has 0 radical (unpaired) electrons. The Hall–Kier alpha value is -1.36. The third-order valence-corrected chi connectivity index (χ3v) is 0.976. The molecule has 5 heteroatoms. The van der Waals surface area contributed by atoms with Gasteiger partial charge in [-0.05, 0) is 6.92 Å². The van der Waals surface area contributed by atoms with Crippen LogP contribution in [0.2, 0.25) is 0 Å². The molecule has 62 valence electrons. The van der Waals surface area contributed by atoms with Gasteiger partial charge in [-0.3, -0.25) is 0 Å². The van der Waals surface area contributed by atoms with Crippen LogP contribution in [0.4, 0.5) is 0 Å². The summed E-state index contributed by atoms with van der Waals surface area (Å²) in [5.41, 5.74) is -0.530. The van der Waals surface area contributed by atoms with Crippen molar-refractivity contribution in [2.24, 2.45) is 0 Å². The molecule has 3 N–H and O–H groups in total. The molecule has 0 saturated carbocycles. The molecule has 1 unspecified atom stereocenters. The summed E-state index contributed by atoms with van der Waals surface area (Å²) in [5.74, 6) is -2.81. The maximum absolute atomic E-state index is 10.2. The van der Waals surface area contributed by atoms with E-state index in [1.165, 1.54) is 6.92 Å². The minimum absolute atomic E-state index is 0.465. The Morgan fingerprint density at radius 2 is 1.82 bits per heavy atom. The molecular weight excluding hydrogens is 152 g/mol. The van der Waals surface area contributed by atoms with Gasteiger partial charge in [-0.15, -0.1) is 0 Å². The maximum atomic E-state index is 10.2. The highest BCUT2D eigenvalue weighted by atomic mass is 16.4. The third kappa shape index (κ3) is 3.36. The van der Waals surface area contributed by atoms with Gasteiger partial charge in [-0.25, -0.2) is 9.59 Å². The highest BCUT2D eigenvalue weighted by Crippen LogP contribution is 2.00. The Morgan fingerprint density at radius 3 is 1.91 bits per heavy atom. The largest absolute Gasteiger partial charge is 0.478 e. The average molecular weight is 160 g/mol. The summed E-state index contributed by atoms with van der Waals surface area (Å²) in [7, 11) is 0. The van der Waals surface area contributed by atoms with Gasteiger partial charge in [-0.2, -0.15) is 0 Å². The molecule has 0 bridgehead atoms. The topological polar surface area (TPSA) is 94.8 Å². The van der Waals surface area contributed by atoms with Gasteiger partial charge in [0.2, 0.25) is 0 Å². The second-order valence-electron chi connectivity index (χ2n) is 1.92. The molecule has 0 fully saturated rings. The lowest BCUT2D eigenvalue weighted by Gasteiger charge is -2.02. The van der Waals surface area contributed by atoms with Crippen LogP contribution in [0.1, 0.15) is 6.92 Å². The van der Waals surface area contributed by atoms with E-state index in [4.69, 9.17) is 15.3 Å². The SMILES string of the molecule is CC(O)C(=CC(=O)O)C(=O)O. The monoisotopic (exact) mass is 160 g/mol. The minimum atomic E-state index is -1.43. The van der Waals surface area contributed by atoms with Crippen molar-refractivity contribution in [2.75, 3.05) is 0 Å². The van der Waals surface area contributed by atoms with Crippen LogP contribution in [0.5, 0.6) is 0 Å². The van der Waals surface area contributed by atoms with Crippen molar-refractivity contribution < 1.29 is 24.9 Å². The number of aliphatic carboxylic acids is 2. The maximum Gasteiger partial charge on any atom is 0.334 e. The highest BCUT2D eigenvalue weighted by molar-refractivity contribution is 5.95. The predicted octanol–water partition coefficient (Wildman–Crippen LogP) is -0.537. The number of carboxylic acids is 2. The van der Waals surface area contributed by atoms with Crippen LogP contribution in [0.3, 0.4) is 0 Å². The van der Waals surface area contributed by atoms with Crippen molar-refractivity contribution in [3.05, 3.63) is 11.6 Å². The van der Waals surface area contributed by atoms with Crippen molar-refractivity contribution in [3.63, 3.8) is 0 Å². The second kappa shape index (κ2) is 3.72. The first-order valence-corrected chi connectivity index (χ1v) is 2.81. The van der Waals surface area contributed by atoms with Gasteiger partial charge in [0.05, 0.1) is 11.7 Å². The molecule has 0 aliphatic rings. The Labute approximate surface area is 62.6 Å². The van der Waals surface area contributed by atoms with Crippen LogP contribution in [0, 0.1) is 0 Å². The Morgan fingerprint density at radius 1 is 1.36 bits per heavy atom. The van der Waals surface area contributed by atoms with E-state index in [9.17, 15) is 9.59 Å². The molecule has 0 saturated heterocycles. The summed E-state index contributed by atoms with van der Waals surface area (Å²) in [6, 6.07) is 0. The van der Waals surface area contributed by atoms with E-state index in [-0.39, 0.29) is 0 Å². The van der Waals surface area contributed by atoms with Gasteiger partial charge < -0.3 is 15.3 Å². The smallest absolute Gasteiger partial charge is 0.334 e. The lowest BCUT2D eigenvalue weighted by Crippen LogP contribution is -2.15. The molecule has 0 amide bonds. The van der Waals surface area contributed by atoms with Crippen molar-refractivity contribution in [1.82, 2.24) is 0 Å². The van der Waals surface area contributed by atoms with E-state index in [0.717, 1.165) is 0 Å². The molecule has 0 spiro atoms. The lowest BCUT2D eigenvalue weighted by atomic mass is 10.1. The first kappa shape index (κ1) is 9.64. The zero-order chi connectivity index (χ0) is 9.02. The predicted molar refractivity (Wildman–Crippen MR) is 35.0 cm³/mol. The molecule has 0 aromatic carbocycles. The van der Waals surface area contributed by atoms with E-state index >= 15 is 0 Å². The molecule has 11 heavy (non-hydrogen) atoms. The summed E-state index contributed by atoms with van der Waals surface area (Å²) >= 11 is 0. The molecule has 0 aromatic heterocycles. The lowest BCUT2D eigenvalue weighted by molar-refractivity contribution is -0.136. The van der Waals surface area contributed by atoms with Crippen LogP contribution in [-0.4, -0.2) is 33.4 Å². The normalized spacial score (nSPS) is 14.2. The summed E-state index contributed by atoms with van der Waals surface area (Å²) in [4.78, 5) is 20.2. The average Bonchev–Trinajstić information content (AvgIpc) is 1.81. The van der Waals surface area contributed by atoms with Crippen molar-refractivity contribution in [1.29, 1.82) is 0 Å². The fourth-order valence-corrected chi connectivity index (χ4v) is 0.494. The summed E-state index contributed by atoms with van der Waals surface area (Å²) < 4.78 is 0. The Balaban J connectivity index is 4.60. The van der Waals surface area contributed by atoms with Crippen LogP contribution in [0.15, 0.2) is 11.6 Å².